The summed E-state index contributed by atoms with van der Waals surface area (Å²) in [5, 5.41) is 19.1. The highest BCUT2D eigenvalue weighted by atomic mass is 32.1. The van der Waals surface area contributed by atoms with E-state index >= 15 is 0 Å². The predicted molar refractivity (Wildman–Crippen MR) is 118 cm³/mol. The van der Waals surface area contributed by atoms with Crippen LogP contribution in [0.3, 0.4) is 0 Å². The van der Waals surface area contributed by atoms with E-state index in [0.29, 0.717) is 5.56 Å². The maximum atomic E-state index is 12.2. The first kappa shape index (κ1) is 18.8. The normalized spacial score (nSPS) is 12.3. The number of thiocarbonyl (C=S) groups is 1. The summed E-state index contributed by atoms with van der Waals surface area (Å²) in [5.74, 6) is -0.417. The molecule has 0 unspecified atom stereocenters. The van der Waals surface area contributed by atoms with Crippen molar-refractivity contribution in [1.82, 2.24) is 5.32 Å². The van der Waals surface area contributed by atoms with Crippen LogP contribution in [-0.2, 0) is 17.6 Å². The zero-order chi connectivity index (χ0) is 20.4. The van der Waals surface area contributed by atoms with E-state index in [1.165, 1.54) is 40.8 Å². The average Bonchev–Trinajstić information content (AvgIpc) is 3.13. The second-order valence-electron chi connectivity index (χ2n) is 6.74. The summed E-state index contributed by atoms with van der Waals surface area (Å²) in [6.07, 6.45) is 4.88. The van der Waals surface area contributed by atoms with Crippen molar-refractivity contribution < 1.29 is 9.72 Å². The van der Waals surface area contributed by atoms with E-state index in [1.54, 1.807) is 12.1 Å². The molecule has 0 saturated heterocycles. The van der Waals surface area contributed by atoms with Gasteiger partial charge in [0.05, 0.1) is 4.92 Å². The Morgan fingerprint density at radius 1 is 1.07 bits per heavy atom. The maximum absolute atomic E-state index is 12.2. The van der Waals surface area contributed by atoms with Gasteiger partial charge in [0.15, 0.2) is 5.11 Å². The van der Waals surface area contributed by atoms with Crippen molar-refractivity contribution in [3.63, 3.8) is 0 Å². The topological polar surface area (TPSA) is 84.3 Å². The summed E-state index contributed by atoms with van der Waals surface area (Å²) in [6, 6.07) is 16.3. The van der Waals surface area contributed by atoms with Crippen LogP contribution in [-0.4, -0.2) is 15.9 Å². The van der Waals surface area contributed by atoms with E-state index in [4.69, 9.17) is 12.2 Å². The first-order valence-corrected chi connectivity index (χ1v) is 9.50. The summed E-state index contributed by atoms with van der Waals surface area (Å²) in [4.78, 5) is 22.5. The largest absolute Gasteiger partial charge is 0.332 e. The Kier molecular flexibility index (Phi) is 5.05. The van der Waals surface area contributed by atoms with Crippen molar-refractivity contribution >= 4 is 51.5 Å². The fraction of sp³-hybridized carbons (Fsp3) is 0.0909. The molecule has 0 radical (unpaired) electrons. The van der Waals surface area contributed by atoms with E-state index in [9.17, 15) is 14.9 Å². The van der Waals surface area contributed by atoms with E-state index in [1.807, 2.05) is 18.2 Å². The van der Waals surface area contributed by atoms with Gasteiger partial charge in [0, 0.05) is 29.3 Å². The van der Waals surface area contributed by atoms with Crippen LogP contribution in [0.15, 0.2) is 60.7 Å². The lowest BCUT2D eigenvalue weighted by molar-refractivity contribution is -0.384. The highest BCUT2D eigenvalue weighted by Gasteiger charge is 2.16. The Morgan fingerprint density at radius 2 is 1.83 bits per heavy atom. The molecule has 0 aliphatic heterocycles. The molecule has 7 heteroatoms. The number of non-ortho nitro benzene ring substituents is 1. The van der Waals surface area contributed by atoms with Gasteiger partial charge < -0.3 is 5.32 Å². The summed E-state index contributed by atoms with van der Waals surface area (Å²) in [6.45, 7) is 0. The number of hydrogen-bond acceptors (Lipinski definition) is 4. The Morgan fingerprint density at radius 3 is 2.62 bits per heavy atom. The molecule has 3 aromatic carbocycles. The number of anilines is 1. The number of amides is 1. The van der Waals surface area contributed by atoms with E-state index in [2.05, 4.69) is 22.8 Å². The Bertz CT molecular complexity index is 1180. The van der Waals surface area contributed by atoms with Gasteiger partial charge in [-0.15, -0.1) is 0 Å². The third-order valence-corrected chi connectivity index (χ3v) is 5.07. The standard InChI is InChI=1S/C22H17N3O3S/c26-20(12-7-14-3-1-5-17(13-14)25(27)28)24-22(29)23-19-11-10-16-9-8-15-4-2-6-18(19)21(15)16/h1-7,10-13H,8-9H2,(H2,23,24,26,29). The third-order valence-electron chi connectivity index (χ3n) is 4.87. The van der Waals surface area contributed by atoms with Gasteiger partial charge in [-0.2, -0.15) is 0 Å². The zero-order valence-corrected chi connectivity index (χ0v) is 16.2. The lowest BCUT2D eigenvalue weighted by Crippen LogP contribution is -2.32. The number of carbonyl (C=O) groups excluding carboxylic acids is 1. The molecule has 0 spiro atoms. The molecule has 0 aromatic heterocycles. The zero-order valence-electron chi connectivity index (χ0n) is 15.3. The fourth-order valence-corrected chi connectivity index (χ4v) is 3.79. The van der Waals surface area contributed by atoms with Crippen LogP contribution in [0.2, 0.25) is 0 Å². The number of rotatable bonds is 4. The minimum absolute atomic E-state index is 0.0307. The lowest BCUT2D eigenvalue weighted by atomic mass is 10.0. The van der Waals surface area contributed by atoms with Crippen molar-refractivity contribution in [3.05, 3.63) is 87.5 Å². The van der Waals surface area contributed by atoms with Crippen molar-refractivity contribution in [2.24, 2.45) is 0 Å². The number of nitrogens with zero attached hydrogens (tertiary/aromatic N) is 1. The fourth-order valence-electron chi connectivity index (χ4n) is 3.58. The highest BCUT2D eigenvalue weighted by Crippen LogP contribution is 2.34. The Hall–Kier alpha value is -3.58. The molecule has 1 aliphatic carbocycles. The Balaban J connectivity index is 1.44. The minimum atomic E-state index is -0.478. The second-order valence-corrected chi connectivity index (χ2v) is 7.15. The molecule has 29 heavy (non-hydrogen) atoms. The van der Waals surface area contributed by atoms with Crippen LogP contribution in [0.5, 0.6) is 0 Å². The SMILES string of the molecule is O=C(C=Cc1cccc([N+](=O)[O-])c1)NC(=S)Nc1ccc2c3c(cccc13)CC2. The summed E-state index contributed by atoms with van der Waals surface area (Å²) >= 11 is 5.28. The van der Waals surface area contributed by atoms with Crippen molar-refractivity contribution in [2.45, 2.75) is 12.8 Å². The molecule has 2 N–H and O–H groups in total. The van der Waals surface area contributed by atoms with Crippen LogP contribution in [0.25, 0.3) is 16.8 Å². The first-order valence-electron chi connectivity index (χ1n) is 9.09. The van der Waals surface area contributed by atoms with Crippen LogP contribution in [0.1, 0.15) is 16.7 Å². The number of nitro groups is 1. The Labute approximate surface area is 172 Å². The van der Waals surface area contributed by atoms with Crippen molar-refractivity contribution in [1.29, 1.82) is 0 Å². The van der Waals surface area contributed by atoms with Gasteiger partial charge in [-0.3, -0.25) is 20.2 Å². The molecule has 0 fully saturated rings. The monoisotopic (exact) mass is 403 g/mol. The van der Waals surface area contributed by atoms with Gasteiger partial charge in [-0.05, 0) is 59.3 Å². The molecule has 0 bridgehead atoms. The third kappa shape index (κ3) is 4.00. The van der Waals surface area contributed by atoms with Crippen molar-refractivity contribution in [2.75, 3.05) is 5.32 Å². The van der Waals surface area contributed by atoms with Gasteiger partial charge >= 0.3 is 0 Å². The molecule has 0 atom stereocenters. The average molecular weight is 403 g/mol. The molecule has 0 heterocycles. The van der Waals surface area contributed by atoms with E-state index in [0.717, 1.165) is 23.9 Å². The molecule has 0 saturated carbocycles. The molecule has 1 aliphatic rings. The van der Waals surface area contributed by atoms with Gasteiger partial charge in [-0.1, -0.05) is 36.4 Å². The molecule has 144 valence electrons. The number of nitrogens with one attached hydrogen (secondary N) is 2. The first-order chi connectivity index (χ1) is 14.0. The van der Waals surface area contributed by atoms with Gasteiger partial charge in [-0.25, -0.2) is 0 Å². The molecule has 3 aromatic rings. The molecule has 1 amide bonds. The molecular weight excluding hydrogens is 386 g/mol. The van der Waals surface area contributed by atoms with Crippen LogP contribution < -0.4 is 10.6 Å². The quantitative estimate of drug-likeness (QED) is 0.292. The molecular formula is C22H17N3O3S. The van der Waals surface area contributed by atoms with Gasteiger partial charge in [0.1, 0.15) is 0 Å². The molecule has 6 nitrogen and oxygen atoms in total. The van der Waals surface area contributed by atoms with E-state index in [-0.39, 0.29) is 10.8 Å². The van der Waals surface area contributed by atoms with Gasteiger partial charge in [0.2, 0.25) is 5.91 Å². The van der Waals surface area contributed by atoms with Crippen molar-refractivity contribution in [3.8, 4) is 0 Å². The summed E-state index contributed by atoms with van der Waals surface area (Å²) in [7, 11) is 0. The number of aryl methyl sites for hydroxylation is 2. The molecule has 4 rings (SSSR count). The van der Waals surface area contributed by atoms with Crippen LogP contribution in [0, 0.1) is 10.1 Å². The maximum Gasteiger partial charge on any atom is 0.270 e. The van der Waals surface area contributed by atoms with Gasteiger partial charge in [0.25, 0.3) is 5.69 Å². The van der Waals surface area contributed by atoms with Crippen LogP contribution in [0.4, 0.5) is 11.4 Å². The summed E-state index contributed by atoms with van der Waals surface area (Å²) in [5.41, 5.74) is 4.03. The lowest BCUT2D eigenvalue weighted by Gasteiger charge is -2.12. The minimum Gasteiger partial charge on any atom is -0.332 e. The number of nitro benzene ring substituents is 1. The summed E-state index contributed by atoms with van der Waals surface area (Å²) < 4.78 is 0. The smallest absolute Gasteiger partial charge is 0.270 e. The number of benzene rings is 3. The van der Waals surface area contributed by atoms with Crippen LogP contribution >= 0.6 is 12.2 Å². The number of hydrogen-bond donors (Lipinski definition) is 2. The predicted octanol–water partition coefficient (Wildman–Crippen LogP) is 4.37. The van der Waals surface area contributed by atoms with E-state index < -0.39 is 10.8 Å². The number of carbonyl (C=O) groups is 1. The second kappa shape index (κ2) is 7.81. The highest BCUT2D eigenvalue weighted by molar-refractivity contribution is 7.80.